The summed E-state index contributed by atoms with van der Waals surface area (Å²) < 4.78 is 0. The molecule has 0 bridgehead atoms. The minimum absolute atomic E-state index is 0.00375. The van der Waals surface area contributed by atoms with Crippen LogP contribution < -0.4 is 5.32 Å². The molecule has 9 heteroatoms. The van der Waals surface area contributed by atoms with Crippen molar-refractivity contribution >= 4 is 81.1 Å². The Bertz CT molecular complexity index is 913. The third-order valence-electron chi connectivity index (χ3n) is 3.51. The highest BCUT2D eigenvalue weighted by Gasteiger charge is 2.35. The fourth-order valence-electron chi connectivity index (χ4n) is 2.19. The highest BCUT2D eigenvalue weighted by atomic mass is 35.5. The van der Waals surface area contributed by atoms with Crippen LogP contribution in [0.25, 0.3) is 6.08 Å². The van der Waals surface area contributed by atoms with E-state index >= 15 is 0 Å². The summed E-state index contributed by atoms with van der Waals surface area (Å²) in [5.41, 5.74) is 1.13. The van der Waals surface area contributed by atoms with E-state index in [-0.39, 0.29) is 11.6 Å². The zero-order chi connectivity index (χ0) is 18.8. The first-order chi connectivity index (χ1) is 12.4. The normalized spacial score (nSPS) is 15.8. The zero-order valence-electron chi connectivity index (χ0n) is 12.9. The molecule has 4 nitrogen and oxygen atoms in total. The minimum Gasteiger partial charge on any atom is -0.367 e. The molecule has 2 aromatic carbocycles. The quantitative estimate of drug-likeness (QED) is 0.550. The maximum atomic E-state index is 12.5. The molecule has 3 rings (SSSR count). The van der Waals surface area contributed by atoms with Gasteiger partial charge in [-0.2, -0.15) is 0 Å². The van der Waals surface area contributed by atoms with E-state index in [4.69, 9.17) is 46.4 Å². The average molecular weight is 448 g/mol. The molecular weight excluding hydrogens is 438 g/mol. The molecule has 2 aromatic rings. The predicted octanol–water partition coefficient (Wildman–Crippen LogP) is 6.41. The van der Waals surface area contributed by atoms with Crippen molar-refractivity contribution in [2.75, 3.05) is 12.0 Å². The van der Waals surface area contributed by atoms with Gasteiger partial charge in [0.1, 0.15) is 0 Å². The topological polar surface area (TPSA) is 49.4 Å². The summed E-state index contributed by atoms with van der Waals surface area (Å²) in [7, 11) is 0. The van der Waals surface area contributed by atoms with Crippen molar-refractivity contribution < 1.29 is 9.59 Å². The average Bonchev–Trinajstić information content (AvgIpc) is 2.86. The fraction of sp³-hybridized carbons (Fsp3) is 0.0588. The number of nitrogens with one attached hydrogen (secondary N) is 1. The molecule has 0 aliphatic carbocycles. The van der Waals surface area contributed by atoms with E-state index in [0.29, 0.717) is 31.3 Å². The Kier molecular flexibility index (Phi) is 6.05. The van der Waals surface area contributed by atoms with Crippen molar-refractivity contribution in [3.05, 3.63) is 67.0 Å². The van der Waals surface area contributed by atoms with Gasteiger partial charge in [0.15, 0.2) is 0 Å². The van der Waals surface area contributed by atoms with Gasteiger partial charge in [-0.25, -0.2) is 0 Å². The van der Waals surface area contributed by atoms with Crippen LogP contribution in [0, 0.1) is 0 Å². The number of rotatable bonds is 4. The molecule has 134 valence electrons. The molecule has 1 fully saturated rings. The summed E-state index contributed by atoms with van der Waals surface area (Å²) in [5, 5.41) is 4.18. The Morgan fingerprint density at radius 1 is 0.962 bits per heavy atom. The monoisotopic (exact) mass is 446 g/mol. The van der Waals surface area contributed by atoms with Crippen molar-refractivity contribution in [3.8, 4) is 0 Å². The van der Waals surface area contributed by atoms with Crippen LogP contribution in [-0.4, -0.2) is 22.7 Å². The number of carbonyl (C=O) groups is 2. The number of hydrogen-bond acceptors (Lipinski definition) is 4. The van der Waals surface area contributed by atoms with Crippen LogP contribution in [0.2, 0.25) is 20.1 Å². The van der Waals surface area contributed by atoms with Crippen molar-refractivity contribution in [2.45, 2.75) is 0 Å². The number of hydrogen-bond donors (Lipinski definition) is 1. The Morgan fingerprint density at radius 3 is 2.31 bits per heavy atom. The Morgan fingerprint density at radius 2 is 1.65 bits per heavy atom. The van der Waals surface area contributed by atoms with Gasteiger partial charge in [0.2, 0.25) is 0 Å². The second-order valence-corrected chi connectivity index (χ2v) is 7.83. The van der Waals surface area contributed by atoms with E-state index in [9.17, 15) is 9.59 Å². The van der Waals surface area contributed by atoms with E-state index in [1.165, 1.54) is 6.08 Å². The minimum atomic E-state index is -0.427. The summed E-state index contributed by atoms with van der Waals surface area (Å²) in [4.78, 5) is 26.0. The molecule has 1 aliphatic rings. The van der Waals surface area contributed by atoms with E-state index in [2.05, 4.69) is 5.32 Å². The van der Waals surface area contributed by atoms with E-state index in [1.807, 2.05) is 0 Å². The third-order valence-corrected chi connectivity index (χ3v) is 5.82. The zero-order valence-corrected chi connectivity index (χ0v) is 16.8. The highest BCUT2D eigenvalue weighted by Crippen LogP contribution is 2.35. The molecule has 1 heterocycles. The lowest BCUT2D eigenvalue weighted by atomic mass is 10.2. The van der Waals surface area contributed by atoms with Crippen LogP contribution in [0.15, 0.2) is 41.3 Å². The summed E-state index contributed by atoms with van der Waals surface area (Å²) in [6.45, 7) is -0.00375. The first-order valence-electron chi connectivity index (χ1n) is 7.25. The third kappa shape index (κ3) is 4.13. The lowest BCUT2D eigenvalue weighted by Gasteiger charge is -2.14. The number of halogens is 4. The maximum Gasteiger partial charge on any atom is 0.295 e. The number of nitrogens with zero attached hydrogens (tertiary/aromatic N) is 1. The second kappa shape index (κ2) is 8.11. The number of benzene rings is 2. The SMILES string of the molecule is O=C1S/C(=C\c2c(Cl)cccc2Cl)C(=O)N1CNc1ccc(Cl)c(Cl)c1. The Labute approximate surface area is 174 Å². The lowest BCUT2D eigenvalue weighted by Crippen LogP contribution is -2.33. The van der Waals surface area contributed by atoms with E-state index < -0.39 is 11.1 Å². The van der Waals surface area contributed by atoms with Gasteiger partial charge in [-0.3, -0.25) is 14.5 Å². The maximum absolute atomic E-state index is 12.5. The summed E-state index contributed by atoms with van der Waals surface area (Å²) in [5.74, 6) is -0.427. The van der Waals surface area contributed by atoms with Gasteiger partial charge in [0.25, 0.3) is 11.1 Å². The molecule has 1 saturated heterocycles. The van der Waals surface area contributed by atoms with Gasteiger partial charge in [-0.05, 0) is 48.2 Å². The molecule has 0 aromatic heterocycles. The van der Waals surface area contributed by atoms with Crippen LogP contribution in [-0.2, 0) is 4.79 Å². The molecule has 0 atom stereocenters. The number of imide groups is 1. The van der Waals surface area contributed by atoms with Crippen LogP contribution in [0.4, 0.5) is 10.5 Å². The summed E-state index contributed by atoms with van der Waals surface area (Å²) >= 11 is 24.9. The number of thioether (sulfide) groups is 1. The van der Waals surface area contributed by atoms with Crippen LogP contribution in [0.5, 0.6) is 0 Å². The standard InChI is InChI=1S/C17H10Cl4N2O2S/c18-11-2-1-3-12(19)10(11)7-15-16(24)23(17(25)26-15)8-22-9-4-5-13(20)14(21)6-9/h1-7,22H,8H2/b15-7-. The first-order valence-corrected chi connectivity index (χ1v) is 9.58. The molecule has 26 heavy (non-hydrogen) atoms. The van der Waals surface area contributed by atoms with E-state index in [1.54, 1.807) is 36.4 Å². The lowest BCUT2D eigenvalue weighted by molar-refractivity contribution is -0.122. The van der Waals surface area contributed by atoms with Crippen LogP contribution in [0.3, 0.4) is 0 Å². The first kappa shape index (κ1) is 19.4. The Hall–Kier alpha value is -1.37. The summed E-state index contributed by atoms with van der Waals surface area (Å²) in [6.07, 6.45) is 1.52. The molecular formula is C17H10Cl4N2O2S. The summed E-state index contributed by atoms with van der Waals surface area (Å²) in [6, 6.07) is 9.97. The fourth-order valence-corrected chi connectivity index (χ4v) is 3.82. The van der Waals surface area contributed by atoms with Gasteiger partial charge in [0, 0.05) is 21.3 Å². The molecule has 2 amide bonds. The molecule has 0 saturated carbocycles. The smallest absolute Gasteiger partial charge is 0.295 e. The van der Waals surface area contributed by atoms with Gasteiger partial charge in [-0.15, -0.1) is 0 Å². The van der Waals surface area contributed by atoms with Crippen LogP contribution in [0.1, 0.15) is 5.56 Å². The molecule has 0 unspecified atom stereocenters. The number of amides is 2. The van der Waals surface area contributed by atoms with Crippen molar-refractivity contribution in [2.24, 2.45) is 0 Å². The van der Waals surface area contributed by atoms with Crippen molar-refractivity contribution in [3.63, 3.8) is 0 Å². The van der Waals surface area contributed by atoms with Crippen molar-refractivity contribution in [1.82, 2.24) is 4.90 Å². The Balaban J connectivity index is 1.76. The molecule has 1 aliphatic heterocycles. The van der Waals surface area contributed by atoms with Gasteiger partial charge in [-0.1, -0.05) is 52.5 Å². The molecule has 1 N–H and O–H groups in total. The second-order valence-electron chi connectivity index (χ2n) is 5.21. The number of anilines is 1. The van der Waals surface area contributed by atoms with Gasteiger partial charge in [0.05, 0.1) is 21.6 Å². The molecule has 0 spiro atoms. The molecule has 0 radical (unpaired) electrons. The van der Waals surface area contributed by atoms with Gasteiger partial charge >= 0.3 is 0 Å². The van der Waals surface area contributed by atoms with Crippen molar-refractivity contribution in [1.29, 1.82) is 0 Å². The highest BCUT2D eigenvalue weighted by molar-refractivity contribution is 8.18. The predicted molar refractivity (Wildman–Crippen MR) is 109 cm³/mol. The largest absolute Gasteiger partial charge is 0.367 e. The van der Waals surface area contributed by atoms with Gasteiger partial charge < -0.3 is 5.32 Å². The number of carbonyl (C=O) groups excluding carboxylic acids is 2. The van der Waals surface area contributed by atoms with Crippen LogP contribution >= 0.6 is 58.2 Å². The van der Waals surface area contributed by atoms with E-state index in [0.717, 1.165) is 16.7 Å².